The lowest BCUT2D eigenvalue weighted by molar-refractivity contribution is -0.0454. The minimum atomic E-state index is -0.125. The summed E-state index contributed by atoms with van der Waals surface area (Å²) < 4.78 is 6.66. The van der Waals surface area contributed by atoms with Gasteiger partial charge in [-0.15, -0.1) is 0 Å². The predicted molar refractivity (Wildman–Crippen MR) is 127 cm³/mol. The van der Waals surface area contributed by atoms with E-state index < -0.39 is 0 Å². The Morgan fingerprint density at radius 1 is 1.28 bits per heavy atom. The van der Waals surface area contributed by atoms with Crippen LogP contribution in [0.1, 0.15) is 85.5 Å². The molecule has 32 heavy (non-hydrogen) atoms. The average molecular weight is 440 g/mol. The maximum Gasteiger partial charge on any atom is 0.106 e. The van der Waals surface area contributed by atoms with Crippen molar-refractivity contribution in [2.45, 2.75) is 97.7 Å². The number of hydrogen-bond acceptors (Lipinski definition) is 3. The van der Waals surface area contributed by atoms with Gasteiger partial charge in [-0.2, -0.15) is 0 Å². The zero-order valence-electron chi connectivity index (χ0n) is 20.4. The molecule has 5 nitrogen and oxygen atoms in total. The molecule has 0 radical (unpaired) electrons. The number of hydrogen-bond donors (Lipinski definition) is 1. The largest absolute Gasteiger partial charge is 0.494 e. The van der Waals surface area contributed by atoms with Gasteiger partial charge >= 0.3 is 0 Å². The Balaban J connectivity index is 1.34. The normalized spacial score (nSPS) is 45.6. The number of ether oxygens (including phenoxy) is 1. The first-order valence-corrected chi connectivity index (χ1v) is 13.0. The average Bonchev–Trinajstić information content (AvgIpc) is 3.24. The molecule has 4 aliphatic carbocycles. The number of aliphatic hydroxyl groups excluding tert-OH is 1. The fourth-order valence-electron chi connectivity index (χ4n) is 8.87. The Kier molecular flexibility index (Phi) is 5.65. The molecule has 5 heteroatoms. The van der Waals surface area contributed by atoms with Crippen LogP contribution in [0.2, 0.25) is 0 Å². The molecule has 0 aromatic rings. The molecule has 9 atom stereocenters. The highest BCUT2D eigenvalue weighted by atomic mass is 16.5. The van der Waals surface area contributed by atoms with Crippen molar-refractivity contribution in [2.75, 3.05) is 6.54 Å². The molecule has 0 amide bonds. The molecule has 3 saturated carbocycles. The summed E-state index contributed by atoms with van der Waals surface area (Å²) in [5, 5.41) is 14.0. The van der Waals surface area contributed by atoms with E-state index in [1.54, 1.807) is 5.57 Å². The van der Waals surface area contributed by atoms with Gasteiger partial charge in [0.2, 0.25) is 0 Å². The third-order valence-electron chi connectivity index (χ3n) is 10.6. The zero-order chi connectivity index (χ0) is 22.7. The van der Waals surface area contributed by atoms with E-state index in [0.29, 0.717) is 35.3 Å². The lowest BCUT2D eigenvalue weighted by Crippen LogP contribution is -2.50. The van der Waals surface area contributed by atoms with E-state index in [9.17, 15) is 5.11 Å². The standard InChI is InChI=1S/C27H41N3O2/c1-16(15-29-30-28)5-8-23-17(2)25-24(32-23)14-22-20-7-6-18-13-19(31)9-11-26(18,3)21(20)10-12-27(22,25)4/h6,16,19-22,24-25,31H,5,7-15H2,1-4H3/t16-,19+,20-,21+,22+,24+,25+,26+,27+/m1/s1. The summed E-state index contributed by atoms with van der Waals surface area (Å²) >= 11 is 0. The number of azide groups is 1. The van der Waals surface area contributed by atoms with E-state index in [2.05, 4.69) is 43.8 Å². The number of nitrogens with zero attached hydrogens (tertiary/aromatic N) is 3. The van der Waals surface area contributed by atoms with Crippen LogP contribution in [0.4, 0.5) is 0 Å². The van der Waals surface area contributed by atoms with Crippen molar-refractivity contribution in [3.05, 3.63) is 33.4 Å². The number of allylic oxidation sites excluding steroid dienone is 2. The Morgan fingerprint density at radius 3 is 2.88 bits per heavy atom. The maximum atomic E-state index is 10.2. The molecule has 1 aliphatic heterocycles. The van der Waals surface area contributed by atoms with E-state index in [1.165, 1.54) is 37.0 Å². The summed E-state index contributed by atoms with van der Waals surface area (Å²) in [5.41, 5.74) is 12.3. The van der Waals surface area contributed by atoms with Crippen LogP contribution in [0.3, 0.4) is 0 Å². The molecule has 0 saturated heterocycles. The van der Waals surface area contributed by atoms with Crippen molar-refractivity contribution in [3.8, 4) is 0 Å². The van der Waals surface area contributed by atoms with Gasteiger partial charge in [-0.1, -0.05) is 37.5 Å². The van der Waals surface area contributed by atoms with Gasteiger partial charge in [-0.3, -0.25) is 0 Å². The van der Waals surface area contributed by atoms with Crippen LogP contribution in [-0.2, 0) is 4.74 Å². The van der Waals surface area contributed by atoms with Gasteiger partial charge in [0, 0.05) is 23.8 Å². The van der Waals surface area contributed by atoms with E-state index in [-0.39, 0.29) is 6.10 Å². The van der Waals surface area contributed by atoms with E-state index in [0.717, 1.165) is 49.9 Å². The summed E-state index contributed by atoms with van der Waals surface area (Å²) in [7, 11) is 0. The molecular weight excluding hydrogens is 398 g/mol. The second kappa shape index (κ2) is 8.09. The summed E-state index contributed by atoms with van der Waals surface area (Å²) in [6.45, 7) is 10.2. The highest BCUT2D eigenvalue weighted by Gasteiger charge is 2.63. The topological polar surface area (TPSA) is 78.2 Å². The molecule has 1 N–H and O–H groups in total. The molecule has 3 fully saturated rings. The fourth-order valence-corrected chi connectivity index (χ4v) is 8.87. The summed E-state index contributed by atoms with van der Waals surface area (Å²) in [6, 6.07) is 0. The molecule has 1 heterocycles. The summed E-state index contributed by atoms with van der Waals surface area (Å²) in [4.78, 5) is 2.90. The minimum Gasteiger partial charge on any atom is -0.494 e. The quantitative estimate of drug-likeness (QED) is 0.218. The van der Waals surface area contributed by atoms with E-state index in [4.69, 9.17) is 10.3 Å². The molecule has 0 aromatic heterocycles. The SMILES string of the molecule is CC1=C(CC[C@@H](C)CN=[N+]=[N-])O[C@H]2C[C@H]3[C@@H]4CC=C5C[C@@H](O)CC[C@]5(C)[C@H]4CC[C@]3(C)[C@@H]12. The lowest BCUT2D eigenvalue weighted by Gasteiger charge is -2.57. The molecule has 0 spiro atoms. The van der Waals surface area contributed by atoms with Crippen LogP contribution in [0.5, 0.6) is 0 Å². The summed E-state index contributed by atoms with van der Waals surface area (Å²) in [6.07, 6.45) is 12.8. The van der Waals surface area contributed by atoms with Gasteiger partial charge in [-0.25, -0.2) is 0 Å². The first-order valence-electron chi connectivity index (χ1n) is 13.0. The second-order valence-electron chi connectivity index (χ2n) is 12.2. The van der Waals surface area contributed by atoms with Crippen LogP contribution >= 0.6 is 0 Å². The van der Waals surface area contributed by atoms with Crippen LogP contribution in [0.25, 0.3) is 10.4 Å². The maximum absolute atomic E-state index is 10.2. The van der Waals surface area contributed by atoms with E-state index >= 15 is 0 Å². The number of aliphatic hydroxyl groups is 1. The van der Waals surface area contributed by atoms with Crippen LogP contribution in [-0.4, -0.2) is 23.9 Å². The molecular formula is C27H41N3O2. The fraction of sp³-hybridized carbons (Fsp3) is 0.852. The number of rotatable bonds is 5. The zero-order valence-corrected chi connectivity index (χ0v) is 20.4. The molecule has 5 aliphatic rings. The smallest absolute Gasteiger partial charge is 0.106 e. The Hall–Kier alpha value is -1.45. The third kappa shape index (κ3) is 3.34. The summed E-state index contributed by atoms with van der Waals surface area (Å²) in [5.74, 6) is 4.49. The highest BCUT2D eigenvalue weighted by Crippen LogP contribution is 2.68. The first kappa shape index (κ1) is 22.3. The lowest BCUT2D eigenvalue weighted by atomic mass is 9.47. The van der Waals surface area contributed by atoms with Crippen LogP contribution in [0.15, 0.2) is 28.1 Å². The van der Waals surface area contributed by atoms with Crippen molar-refractivity contribution in [1.82, 2.24) is 0 Å². The third-order valence-corrected chi connectivity index (χ3v) is 10.6. The van der Waals surface area contributed by atoms with Crippen molar-refractivity contribution in [2.24, 2.45) is 45.5 Å². The number of fused-ring (bicyclic) bond motifs is 7. The van der Waals surface area contributed by atoms with Gasteiger partial charge in [0.05, 0.1) is 11.9 Å². The monoisotopic (exact) mass is 439 g/mol. The first-order chi connectivity index (χ1) is 15.3. The van der Waals surface area contributed by atoms with Gasteiger partial charge in [0.1, 0.15) is 6.10 Å². The molecule has 0 unspecified atom stereocenters. The Morgan fingerprint density at radius 2 is 2.09 bits per heavy atom. The van der Waals surface area contributed by atoms with Gasteiger partial charge in [0.15, 0.2) is 0 Å². The van der Waals surface area contributed by atoms with Crippen molar-refractivity contribution >= 4 is 0 Å². The molecule has 0 aromatic carbocycles. The Bertz CT molecular complexity index is 874. The predicted octanol–water partition coefficient (Wildman–Crippen LogP) is 6.94. The highest BCUT2D eigenvalue weighted by molar-refractivity contribution is 5.30. The van der Waals surface area contributed by atoms with Gasteiger partial charge in [-0.05, 0) is 104 Å². The molecule has 0 bridgehead atoms. The van der Waals surface area contributed by atoms with E-state index in [1.807, 2.05) is 0 Å². The second-order valence-corrected chi connectivity index (χ2v) is 12.2. The Labute approximate surface area is 193 Å². The molecule has 5 rings (SSSR count). The van der Waals surface area contributed by atoms with Crippen molar-refractivity contribution < 1.29 is 9.84 Å². The van der Waals surface area contributed by atoms with Crippen molar-refractivity contribution in [1.29, 1.82) is 0 Å². The minimum absolute atomic E-state index is 0.125. The van der Waals surface area contributed by atoms with Crippen molar-refractivity contribution in [3.63, 3.8) is 0 Å². The van der Waals surface area contributed by atoms with Crippen LogP contribution < -0.4 is 0 Å². The molecule has 176 valence electrons. The van der Waals surface area contributed by atoms with Gasteiger partial charge < -0.3 is 9.84 Å². The van der Waals surface area contributed by atoms with Gasteiger partial charge in [0.25, 0.3) is 0 Å². The van der Waals surface area contributed by atoms with Crippen LogP contribution in [0, 0.1) is 40.4 Å².